The number of hydrogen-bond acceptors (Lipinski definition) is 5. The van der Waals surface area contributed by atoms with Crippen LogP contribution >= 0.6 is 11.8 Å². The molecule has 0 aliphatic carbocycles. The number of ether oxygens (including phenoxy) is 1. The molecule has 2 aromatic carbocycles. The Morgan fingerprint density at radius 1 is 1.21 bits per heavy atom. The molecule has 0 aliphatic rings. The van der Waals surface area contributed by atoms with Gasteiger partial charge < -0.3 is 10.1 Å². The van der Waals surface area contributed by atoms with Crippen molar-refractivity contribution in [3.8, 4) is 11.8 Å². The fourth-order valence-corrected chi connectivity index (χ4v) is 3.65. The van der Waals surface area contributed by atoms with Crippen molar-refractivity contribution < 1.29 is 9.53 Å². The number of fused-ring (bicyclic) bond motifs is 1. The lowest BCUT2D eigenvalue weighted by atomic mass is 10.0. The van der Waals surface area contributed by atoms with Crippen molar-refractivity contribution >= 4 is 34.3 Å². The van der Waals surface area contributed by atoms with E-state index in [4.69, 9.17) is 4.74 Å². The minimum atomic E-state index is -0.180. The Balaban J connectivity index is 1.81. The number of nitrogens with zero attached hydrogens (tertiary/aromatic N) is 2. The fourth-order valence-electron chi connectivity index (χ4n) is 2.90. The summed E-state index contributed by atoms with van der Waals surface area (Å²) in [5.41, 5.74) is 5.22. The van der Waals surface area contributed by atoms with Crippen LogP contribution in [0.15, 0.2) is 41.4 Å². The van der Waals surface area contributed by atoms with Gasteiger partial charge in [-0.25, -0.2) is 4.98 Å². The third-order valence-electron chi connectivity index (χ3n) is 4.57. The number of carbonyl (C=O) groups excluding carboxylic acids is 1. The molecule has 3 rings (SSSR count). The number of anilines is 1. The molecule has 1 heterocycles. The molecule has 0 spiro atoms. The Hall–Kier alpha value is -3.04. The molecular formula is C22H21N3O2S. The van der Waals surface area contributed by atoms with Gasteiger partial charge in [-0.3, -0.25) is 4.79 Å². The van der Waals surface area contributed by atoms with Crippen LogP contribution in [0.4, 0.5) is 5.69 Å². The van der Waals surface area contributed by atoms with Crippen LogP contribution in [-0.4, -0.2) is 23.8 Å². The number of methoxy groups -OCH3 is 1. The van der Waals surface area contributed by atoms with Crippen molar-refractivity contribution in [1.29, 1.82) is 5.26 Å². The number of pyridine rings is 1. The van der Waals surface area contributed by atoms with Gasteiger partial charge in [0.2, 0.25) is 5.91 Å². The van der Waals surface area contributed by atoms with E-state index >= 15 is 0 Å². The maximum atomic E-state index is 12.5. The molecule has 6 heteroatoms. The van der Waals surface area contributed by atoms with E-state index in [1.165, 1.54) is 11.8 Å². The first-order chi connectivity index (χ1) is 13.4. The lowest BCUT2D eigenvalue weighted by Crippen LogP contribution is -2.15. The monoisotopic (exact) mass is 391 g/mol. The van der Waals surface area contributed by atoms with Crippen LogP contribution in [-0.2, 0) is 4.79 Å². The highest BCUT2D eigenvalue weighted by molar-refractivity contribution is 8.00. The summed E-state index contributed by atoms with van der Waals surface area (Å²) in [5, 5.41) is 13.8. The average Bonchev–Trinajstić information content (AvgIpc) is 2.69. The van der Waals surface area contributed by atoms with Crippen molar-refractivity contribution in [3.63, 3.8) is 0 Å². The van der Waals surface area contributed by atoms with Gasteiger partial charge in [-0.05, 0) is 55.7 Å². The fraction of sp³-hybridized carbons (Fsp3) is 0.227. The van der Waals surface area contributed by atoms with E-state index in [0.29, 0.717) is 22.0 Å². The van der Waals surface area contributed by atoms with E-state index in [1.54, 1.807) is 7.11 Å². The number of aromatic nitrogens is 1. The zero-order valence-corrected chi connectivity index (χ0v) is 17.1. The summed E-state index contributed by atoms with van der Waals surface area (Å²) in [6, 6.07) is 13.6. The van der Waals surface area contributed by atoms with Crippen LogP contribution in [0.2, 0.25) is 0 Å². The summed E-state index contributed by atoms with van der Waals surface area (Å²) in [5.74, 6) is 0.576. The third kappa shape index (κ3) is 4.10. The summed E-state index contributed by atoms with van der Waals surface area (Å²) >= 11 is 1.26. The molecule has 0 unspecified atom stereocenters. The van der Waals surface area contributed by atoms with Crippen molar-refractivity contribution in [1.82, 2.24) is 4.98 Å². The topological polar surface area (TPSA) is 75.0 Å². The number of nitriles is 1. The molecule has 0 radical (unpaired) electrons. The molecule has 5 nitrogen and oxygen atoms in total. The Kier molecular flexibility index (Phi) is 5.86. The predicted octanol–water partition coefficient (Wildman–Crippen LogP) is 4.77. The SMILES string of the molecule is COc1ccc(C)cc1NC(=O)CSc1nc2c(C)c(C)ccc2cc1C#N. The first kappa shape index (κ1) is 19.7. The molecule has 1 N–H and O–H groups in total. The Labute approximate surface area is 168 Å². The van der Waals surface area contributed by atoms with Gasteiger partial charge in [-0.15, -0.1) is 0 Å². The first-order valence-electron chi connectivity index (χ1n) is 8.81. The summed E-state index contributed by atoms with van der Waals surface area (Å²) in [7, 11) is 1.57. The highest BCUT2D eigenvalue weighted by atomic mass is 32.2. The minimum absolute atomic E-state index is 0.148. The number of amides is 1. The van der Waals surface area contributed by atoms with Gasteiger partial charge in [0, 0.05) is 5.39 Å². The second kappa shape index (κ2) is 8.32. The molecule has 0 aliphatic heterocycles. The van der Waals surface area contributed by atoms with Crippen molar-refractivity contribution in [2.45, 2.75) is 25.8 Å². The molecule has 0 bridgehead atoms. The van der Waals surface area contributed by atoms with Crippen molar-refractivity contribution in [2.24, 2.45) is 0 Å². The van der Waals surface area contributed by atoms with Crippen LogP contribution in [0, 0.1) is 32.1 Å². The number of rotatable bonds is 5. The molecule has 0 fully saturated rings. The highest BCUT2D eigenvalue weighted by Gasteiger charge is 2.13. The molecule has 1 amide bonds. The lowest BCUT2D eigenvalue weighted by Gasteiger charge is -2.12. The Bertz CT molecular complexity index is 1100. The molecule has 0 atom stereocenters. The normalized spacial score (nSPS) is 10.5. The zero-order valence-electron chi connectivity index (χ0n) is 16.3. The van der Waals surface area contributed by atoms with Gasteiger partial charge in [0.15, 0.2) is 0 Å². The number of aryl methyl sites for hydroxylation is 3. The van der Waals surface area contributed by atoms with E-state index in [0.717, 1.165) is 27.6 Å². The largest absolute Gasteiger partial charge is 0.495 e. The van der Waals surface area contributed by atoms with Gasteiger partial charge >= 0.3 is 0 Å². The average molecular weight is 391 g/mol. The van der Waals surface area contributed by atoms with Gasteiger partial charge in [0.1, 0.15) is 16.8 Å². The maximum absolute atomic E-state index is 12.5. The summed E-state index contributed by atoms with van der Waals surface area (Å²) in [6.07, 6.45) is 0. The second-order valence-electron chi connectivity index (χ2n) is 6.57. The van der Waals surface area contributed by atoms with Gasteiger partial charge in [0.05, 0.1) is 29.6 Å². The number of nitrogens with one attached hydrogen (secondary N) is 1. The molecule has 142 valence electrons. The number of thioether (sulfide) groups is 1. The maximum Gasteiger partial charge on any atom is 0.234 e. The van der Waals surface area contributed by atoms with Crippen molar-refractivity contribution in [3.05, 3.63) is 58.7 Å². The smallest absolute Gasteiger partial charge is 0.234 e. The summed E-state index contributed by atoms with van der Waals surface area (Å²) < 4.78 is 5.30. The van der Waals surface area contributed by atoms with Crippen LogP contribution in [0.5, 0.6) is 5.75 Å². The van der Waals surface area contributed by atoms with E-state index < -0.39 is 0 Å². The third-order valence-corrected chi connectivity index (χ3v) is 5.56. The number of carbonyl (C=O) groups is 1. The first-order valence-corrected chi connectivity index (χ1v) is 9.80. The molecule has 3 aromatic rings. The van der Waals surface area contributed by atoms with Crippen LogP contribution in [0.1, 0.15) is 22.3 Å². The number of benzene rings is 2. The highest BCUT2D eigenvalue weighted by Crippen LogP contribution is 2.29. The molecule has 0 saturated heterocycles. The Morgan fingerprint density at radius 3 is 2.71 bits per heavy atom. The number of hydrogen-bond donors (Lipinski definition) is 1. The zero-order chi connectivity index (χ0) is 20.3. The minimum Gasteiger partial charge on any atom is -0.495 e. The quantitative estimate of drug-likeness (QED) is 0.634. The second-order valence-corrected chi connectivity index (χ2v) is 7.54. The molecule has 1 aromatic heterocycles. The van der Waals surface area contributed by atoms with E-state index in [9.17, 15) is 10.1 Å². The lowest BCUT2D eigenvalue weighted by molar-refractivity contribution is -0.113. The standard InChI is InChI=1S/C22H21N3O2S/c1-13-5-8-19(27-4)18(9-13)24-20(26)12-28-22-17(11-23)10-16-7-6-14(2)15(3)21(16)25-22/h5-10H,12H2,1-4H3,(H,24,26). The van der Waals surface area contributed by atoms with Crippen molar-refractivity contribution in [2.75, 3.05) is 18.2 Å². The van der Waals surface area contributed by atoms with Crippen LogP contribution in [0.25, 0.3) is 10.9 Å². The molecular weight excluding hydrogens is 370 g/mol. The van der Waals surface area contributed by atoms with Crippen LogP contribution < -0.4 is 10.1 Å². The Morgan fingerprint density at radius 2 is 2.00 bits per heavy atom. The molecule has 28 heavy (non-hydrogen) atoms. The molecule has 0 saturated carbocycles. The van der Waals surface area contributed by atoms with E-state index in [-0.39, 0.29) is 11.7 Å². The van der Waals surface area contributed by atoms with E-state index in [2.05, 4.69) is 16.4 Å². The predicted molar refractivity (Wildman–Crippen MR) is 113 cm³/mol. The summed E-state index contributed by atoms with van der Waals surface area (Å²) in [6.45, 7) is 6.00. The van der Waals surface area contributed by atoms with E-state index in [1.807, 2.05) is 57.2 Å². The van der Waals surface area contributed by atoms with Crippen LogP contribution in [0.3, 0.4) is 0 Å². The van der Waals surface area contributed by atoms with Gasteiger partial charge in [0.25, 0.3) is 0 Å². The summed E-state index contributed by atoms with van der Waals surface area (Å²) in [4.78, 5) is 17.1. The van der Waals surface area contributed by atoms with Gasteiger partial charge in [-0.2, -0.15) is 5.26 Å². The van der Waals surface area contributed by atoms with Gasteiger partial charge in [-0.1, -0.05) is 30.0 Å².